The van der Waals surface area contributed by atoms with Gasteiger partial charge in [0, 0.05) is 12.6 Å². The Morgan fingerprint density at radius 2 is 2.06 bits per heavy atom. The lowest BCUT2D eigenvalue weighted by Crippen LogP contribution is -2.35. The number of benzene rings is 1. The number of carbonyl (C=O) groups excluding carboxylic acids is 1. The van der Waals surface area contributed by atoms with Gasteiger partial charge in [0.2, 0.25) is 0 Å². The predicted molar refractivity (Wildman–Crippen MR) is 69.3 cm³/mol. The fourth-order valence-corrected chi connectivity index (χ4v) is 2.25. The number of nitrogen functional groups attached to an aromatic ring is 1. The van der Waals surface area contributed by atoms with Crippen molar-refractivity contribution in [3.8, 4) is 5.75 Å². The fraction of sp³-hybridized carbons (Fsp3) is 0.500. The zero-order valence-electron chi connectivity index (χ0n) is 10.3. The Hall–Kier alpha value is -1.71. The molecule has 0 aromatic heterocycles. The first-order valence-corrected chi connectivity index (χ1v) is 6.55. The van der Waals surface area contributed by atoms with Crippen molar-refractivity contribution in [2.24, 2.45) is 5.92 Å². The summed E-state index contributed by atoms with van der Waals surface area (Å²) in [6.45, 7) is 0.831. The Morgan fingerprint density at radius 1 is 1.33 bits per heavy atom. The molecule has 2 aliphatic carbocycles. The predicted octanol–water partition coefficient (Wildman–Crippen LogP) is 1.99. The van der Waals surface area contributed by atoms with Crippen molar-refractivity contribution in [3.05, 3.63) is 23.8 Å². The zero-order valence-corrected chi connectivity index (χ0v) is 10.3. The van der Waals surface area contributed by atoms with E-state index in [1.807, 2.05) is 4.90 Å². The summed E-state index contributed by atoms with van der Waals surface area (Å²) in [5, 5.41) is 9.90. The zero-order chi connectivity index (χ0) is 12.7. The van der Waals surface area contributed by atoms with Gasteiger partial charge in [-0.05, 0) is 43.7 Å². The number of nitrogens with two attached hydrogens (primary N) is 1. The molecule has 0 atom stereocenters. The second-order valence-electron chi connectivity index (χ2n) is 5.38. The first-order chi connectivity index (χ1) is 8.66. The highest BCUT2D eigenvalue weighted by Gasteiger charge is 2.37. The highest BCUT2D eigenvalue weighted by Crippen LogP contribution is 2.37. The summed E-state index contributed by atoms with van der Waals surface area (Å²) in [5.74, 6) is 0.510. The SMILES string of the molecule is Nc1cccc(C(=O)N(CC2CC2)C2CC2)c1O. The lowest BCUT2D eigenvalue weighted by molar-refractivity contribution is 0.0732. The van der Waals surface area contributed by atoms with Crippen molar-refractivity contribution in [2.75, 3.05) is 12.3 Å². The first-order valence-electron chi connectivity index (χ1n) is 6.55. The lowest BCUT2D eigenvalue weighted by atomic mass is 10.1. The molecule has 4 heteroatoms. The molecule has 0 aliphatic heterocycles. The minimum Gasteiger partial charge on any atom is -0.505 e. The molecule has 0 unspecified atom stereocenters. The van der Waals surface area contributed by atoms with Crippen molar-refractivity contribution >= 4 is 11.6 Å². The molecule has 4 nitrogen and oxygen atoms in total. The van der Waals surface area contributed by atoms with Crippen LogP contribution in [-0.4, -0.2) is 28.5 Å². The number of aromatic hydroxyl groups is 1. The maximum absolute atomic E-state index is 12.5. The molecule has 18 heavy (non-hydrogen) atoms. The van der Waals surface area contributed by atoms with E-state index >= 15 is 0 Å². The van der Waals surface area contributed by atoms with Crippen LogP contribution in [0.4, 0.5) is 5.69 Å². The smallest absolute Gasteiger partial charge is 0.257 e. The topological polar surface area (TPSA) is 66.6 Å². The van der Waals surface area contributed by atoms with Crippen LogP contribution in [0, 0.1) is 5.92 Å². The summed E-state index contributed by atoms with van der Waals surface area (Å²) in [4.78, 5) is 14.4. The van der Waals surface area contributed by atoms with E-state index < -0.39 is 0 Å². The van der Waals surface area contributed by atoms with E-state index in [0.29, 0.717) is 17.5 Å². The van der Waals surface area contributed by atoms with Gasteiger partial charge < -0.3 is 15.7 Å². The van der Waals surface area contributed by atoms with Gasteiger partial charge in [0.15, 0.2) is 5.75 Å². The van der Waals surface area contributed by atoms with Crippen LogP contribution in [0.25, 0.3) is 0 Å². The van der Waals surface area contributed by atoms with E-state index in [9.17, 15) is 9.90 Å². The number of phenolic OH excluding ortho intramolecular Hbond substituents is 1. The van der Waals surface area contributed by atoms with Gasteiger partial charge in [0.05, 0.1) is 11.3 Å². The average Bonchev–Trinajstić information content (AvgIpc) is 3.22. The quantitative estimate of drug-likeness (QED) is 0.630. The molecule has 0 bridgehead atoms. The normalized spacial score (nSPS) is 18.7. The highest BCUT2D eigenvalue weighted by atomic mass is 16.3. The average molecular weight is 246 g/mol. The van der Waals surface area contributed by atoms with Crippen LogP contribution in [0.2, 0.25) is 0 Å². The lowest BCUT2D eigenvalue weighted by Gasteiger charge is -2.23. The molecule has 0 saturated heterocycles. The van der Waals surface area contributed by atoms with Crippen molar-refractivity contribution in [1.82, 2.24) is 4.90 Å². The number of nitrogens with zero attached hydrogens (tertiary/aromatic N) is 1. The summed E-state index contributed by atoms with van der Waals surface area (Å²) < 4.78 is 0. The standard InChI is InChI=1S/C14H18N2O2/c15-12-3-1-2-11(13(12)17)14(18)16(10-6-7-10)8-9-4-5-9/h1-3,9-10,17H,4-8,15H2. The Bertz CT molecular complexity index is 479. The minimum atomic E-state index is -0.0797. The van der Waals surface area contributed by atoms with Gasteiger partial charge in [-0.25, -0.2) is 0 Å². The van der Waals surface area contributed by atoms with Crippen LogP contribution in [0.3, 0.4) is 0 Å². The van der Waals surface area contributed by atoms with Crippen LogP contribution < -0.4 is 5.73 Å². The Kier molecular flexibility index (Phi) is 2.65. The minimum absolute atomic E-state index is 0.0748. The molecule has 1 aromatic rings. The third-order valence-corrected chi connectivity index (χ3v) is 3.70. The molecule has 2 aliphatic rings. The van der Waals surface area contributed by atoms with Crippen LogP contribution >= 0.6 is 0 Å². The van der Waals surface area contributed by atoms with Gasteiger partial charge in [-0.2, -0.15) is 0 Å². The Balaban J connectivity index is 1.84. The summed E-state index contributed by atoms with van der Waals surface area (Å²) in [5.41, 5.74) is 6.25. The Labute approximate surface area is 106 Å². The molecule has 2 saturated carbocycles. The largest absolute Gasteiger partial charge is 0.505 e. The summed E-state index contributed by atoms with van der Waals surface area (Å²) in [7, 11) is 0. The van der Waals surface area contributed by atoms with Crippen molar-refractivity contribution < 1.29 is 9.90 Å². The summed E-state index contributed by atoms with van der Waals surface area (Å²) in [6.07, 6.45) is 4.61. The molecule has 0 heterocycles. The number of para-hydroxylation sites is 1. The number of hydrogen-bond acceptors (Lipinski definition) is 3. The molecule has 96 valence electrons. The number of carbonyl (C=O) groups is 1. The number of phenols is 1. The van der Waals surface area contributed by atoms with E-state index in [2.05, 4.69) is 0 Å². The van der Waals surface area contributed by atoms with Gasteiger partial charge in [0.1, 0.15) is 0 Å². The maximum Gasteiger partial charge on any atom is 0.257 e. The monoisotopic (exact) mass is 246 g/mol. The fourth-order valence-electron chi connectivity index (χ4n) is 2.25. The number of hydrogen-bond donors (Lipinski definition) is 2. The van der Waals surface area contributed by atoms with Gasteiger partial charge in [-0.3, -0.25) is 4.79 Å². The third kappa shape index (κ3) is 2.15. The maximum atomic E-state index is 12.5. The van der Waals surface area contributed by atoms with Crippen LogP contribution in [0.1, 0.15) is 36.0 Å². The van der Waals surface area contributed by atoms with Crippen molar-refractivity contribution in [2.45, 2.75) is 31.7 Å². The van der Waals surface area contributed by atoms with E-state index in [1.54, 1.807) is 18.2 Å². The second-order valence-corrected chi connectivity index (χ2v) is 5.38. The second kappa shape index (κ2) is 4.19. The molecule has 2 fully saturated rings. The van der Waals surface area contributed by atoms with Gasteiger partial charge >= 0.3 is 0 Å². The number of amides is 1. The molecule has 3 N–H and O–H groups in total. The van der Waals surface area contributed by atoms with Crippen molar-refractivity contribution in [3.63, 3.8) is 0 Å². The van der Waals surface area contributed by atoms with Crippen LogP contribution in [0.15, 0.2) is 18.2 Å². The Morgan fingerprint density at radius 3 is 2.67 bits per heavy atom. The molecule has 1 aromatic carbocycles. The highest BCUT2D eigenvalue weighted by molar-refractivity contribution is 5.98. The van der Waals surface area contributed by atoms with Crippen molar-refractivity contribution in [1.29, 1.82) is 0 Å². The number of anilines is 1. The third-order valence-electron chi connectivity index (χ3n) is 3.70. The molecule has 1 amide bonds. The first kappa shape index (κ1) is 11.4. The molecule has 3 rings (SSSR count). The van der Waals surface area contributed by atoms with E-state index in [0.717, 1.165) is 19.4 Å². The molecular formula is C14H18N2O2. The molecular weight excluding hydrogens is 228 g/mol. The van der Waals surface area contributed by atoms with Crippen LogP contribution in [-0.2, 0) is 0 Å². The molecule has 0 radical (unpaired) electrons. The molecule has 0 spiro atoms. The van der Waals surface area contributed by atoms with E-state index in [-0.39, 0.29) is 17.3 Å². The van der Waals surface area contributed by atoms with Gasteiger partial charge in [-0.15, -0.1) is 0 Å². The summed E-state index contributed by atoms with van der Waals surface area (Å²) >= 11 is 0. The van der Waals surface area contributed by atoms with Gasteiger partial charge in [-0.1, -0.05) is 6.07 Å². The van der Waals surface area contributed by atoms with E-state index in [1.165, 1.54) is 12.8 Å². The van der Waals surface area contributed by atoms with Gasteiger partial charge in [0.25, 0.3) is 5.91 Å². The van der Waals surface area contributed by atoms with Crippen LogP contribution in [0.5, 0.6) is 5.75 Å². The van der Waals surface area contributed by atoms with E-state index in [4.69, 9.17) is 5.73 Å². The number of rotatable bonds is 4. The summed E-state index contributed by atoms with van der Waals surface area (Å²) in [6, 6.07) is 5.34.